The molecule has 19 heavy (non-hydrogen) atoms. The van der Waals surface area contributed by atoms with E-state index in [9.17, 15) is 14.4 Å². The van der Waals surface area contributed by atoms with Gasteiger partial charge in [-0.2, -0.15) is 0 Å². The van der Waals surface area contributed by atoms with Crippen LogP contribution in [0, 0.1) is 17.8 Å². The van der Waals surface area contributed by atoms with Crippen molar-refractivity contribution in [1.29, 1.82) is 0 Å². The SMILES string of the molecule is CC(=O)CC(CC(C)C)C1C(=O)OC(C)(C)OC1=O. The highest BCUT2D eigenvalue weighted by Gasteiger charge is 2.47. The highest BCUT2D eigenvalue weighted by Crippen LogP contribution is 2.32. The van der Waals surface area contributed by atoms with Gasteiger partial charge in [-0.25, -0.2) is 0 Å². The minimum absolute atomic E-state index is 0.0453. The van der Waals surface area contributed by atoms with Crippen molar-refractivity contribution in [2.75, 3.05) is 0 Å². The fourth-order valence-corrected chi connectivity index (χ4v) is 2.43. The largest absolute Gasteiger partial charge is 0.422 e. The van der Waals surface area contributed by atoms with E-state index in [1.165, 1.54) is 20.8 Å². The first-order valence-electron chi connectivity index (χ1n) is 6.57. The Morgan fingerprint density at radius 2 is 1.68 bits per heavy atom. The lowest BCUT2D eigenvalue weighted by Crippen LogP contribution is -2.49. The molecule has 1 unspecified atom stereocenters. The first-order valence-corrected chi connectivity index (χ1v) is 6.57. The van der Waals surface area contributed by atoms with Crippen molar-refractivity contribution in [1.82, 2.24) is 0 Å². The summed E-state index contributed by atoms with van der Waals surface area (Å²) in [7, 11) is 0. The lowest BCUT2D eigenvalue weighted by atomic mass is 9.81. The molecule has 0 aliphatic carbocycles. The predicted octanol–water partition coefficient (Wildman–Crippen LogP) is 2.08. The van der Waals surface area contributed by atoms with E-state index in [0.717, 1.165) is 0 Å². The third kappa shape index (κ3) is 4.33. The van der Waals surface area contributed by atoms with Crippen molar-refractivity contribution in [3.05, 3.63) is 0 Å². The third-order valence-corrected chi connectivity index (χ3v) is 3.00. The fourth-order valence-electron chi connectivity index (χ4n) is 2.43. The van der Waals surface area contributed by atoms with Crippen molar-refractivity contribution < 1.29 is 23.9 Å². The summed E-state index contributed by atoms with van der Waals surface area (Å²) in [5, 5.41) is 0. The summed E-state index contributed by atoms with van der Waals surface area (Å²) in [5.41, 5.74) is 0. The predicted molar refractivity (Wildman–Crippen MR) is 68.0 cm³/mol. The smallest absolute Gasteiger partial charge is 0.323 e. The molecule has 0 amide bonds. The molecule has 0 N–H and O–H groups in total. The summed E-state index contributed by atoms with van der Waals surface area (Å²) >= 11 is 0. The second-order valence-corrected chi connectivity index (χ2v) is 6.02. The standard InChI is InChI=1S/C14H22O5/c1-8(2)6-10(7-9(3)15)11-12(16)18-14(4,5)19-13(11)17/h8,10-11H,6-7H2,1-5H3. The Hall–Kier alpha value is -1.39. The van der Waals surface area contributed by atoms with Gasteiger partial charge in [-0.1, -0.05) is 13.8 Å². The van der Waals surface area contributed by atoms with E-state index in [4.69, 9.17) is 9.47 Å². The topological polar surface area (TPSA) is 69.7 Å². The monoisotopic (exact) mass is 270 g/mol. The number of carbonyl (C=O) groups is 3. The Kier molecular flexibility index (Phi) is 4.71. The minimum atomic E-state index is -1.22. The number of hydrogen-bond acceptors (Lipinski definition) is 5. The maximum Gasteiger partial charge on any atom is 0.323 e. The Labute approximate surface area is 113 Å². The van der Waals surface area contributed by atoms with Crippen molar-refractivity contribution in [3.63, 3.8) is 0 Å². The first kappa shape index (κ1) is 15.7. The molecule has 1 aliphatic rings. The van der Waals surface area contributed by atoms with Crippen LogP contribution in [0.1, 0.15) is 47.5 Å². The van der Waals surface area contributed by atoms with Crippen LogP contribution in [0.2, 0.25) is 0 Å². The second kappa shape index (κ2) is 5.72. The molecule has 1 heterocycles. The van der Waals surface area contributed by atoms with E-state index >= 15 is 0 Å². The van der Waals surface area contributed by atoms with Gasteiger partial charge in [0.05, 0.1) is 0 Å². The summed E-state index contributed by atoms with van der Waals surface area (Å²) < 4.78 is 10.2. The maximum absolute atomic E-state index is 12.0. The first-order chi connectivity index (χ1) is 8.62. The molecule has 108 valence electrons. The Balaban J connectivity index is 2.91. The summed E-state index contributed by atoms with van der Waals surface area (Å²) in [6.07, 6.45) is 0.794. The van der Waals surface area contributed by atoms with Crippen LogP contribution < -0.4 is 0 Å². The second-order valence-electron chi connectivity index (χ2n) is 6.02. The van der Waals surface area contributed by atoms with E-state index in [1.54, 1.807) is 0 Å². The molecule has 0 bridgehead atoms. The van der Waals surface area contributed by atoms with E-state index in [2.05, 4.69) is 0 Å². The molecular formula is C14H22O5. The number of hydrogen-bond donors (Lipinski definition) is 0. The third-order valence-electron chi connectivity index (χ3n) is 3.00. The average Bonchev–Trinajstić information content (AvgIpc) is 2.10. The molecule has 0 aromatic rings. The van der Waals surface area contributed by atoms with Crippen molar-refractivity contribution >= 4 is 17.7 Å². The molecule has 1 saturated heterocycles. The van der Waals surface area contributed by atoms with Crippen LogP contribution in [0.15, 0.2) is 0 Å². The van der Waals surface area contributed by atoms with Gasteiger partial charge in [0, 0.05) is 20.3 Å². The molecule has 1 atom stereocenters. The summed E-state index contributed by atoms with van der Waals surface area (Å²) in [6, 6.07) is 0. The van der Waals surface area contributed by atoms with Gasteiger partial charge in [-0.3, -0.25) is 9.59 Å². The molecule has 0 saturated carbocycles. The molecule has 0 aromatic carbocycles. The molecule has 5 nitrogen and oxygen atoms in total. The van der Waals surface area contributed by atoms with Gasteiger partial charge in [0.25, 0.3) is 5.79 Å². The van der Waals surface area contributed by atoms with E-state index in [0.29, 0.717) is 6.42 Å². The molecule has 0 spiro atoms. The highest BCUT2D eigenvalue weighted by molar-refractivity contribution is 5.97. The van der Waals surface area contributed by atoms with Gasteiger partial charge < -0.3 is 14.3 Å². The van der Waals surface area contributed by atoms with Crippen LogP contribution in [0.4, 0.5) is 0 Å². The number of Topliss-reactive ketones (excluding diaryl/α,β-unsaturated/α-hetero) is 1. The Morgan fingerprint density at radius 3 is 2.05 bits per heavy atom. The molecule has 0 aromatic heterocycles. The van der Waals surface area contributed by atoms with Crippen molar-refractivity contribution in [3.8, 4) is 0 Å². The normalized spacial score (nSPS) is 20.9. The molecule has 5 heteroatoms. The average molecular weight is 270 g/mol. The lowest BCUT2D eigenvalue weighted by Gasteiger charge is -2.36. The Bertz CT molecular complexity index is 363. The highest BCUT2D eigenvalue weighted by atomic mass is 16.7. The Morgan fingerprint density at radius 1 is 1.21 bits per heavy atom. The van der Waals surface area contributed by atoms with Crippen molar-refractivity contribution in [2.24, 2.45) is 17.8 Å². The van der Waals surface area contributed by atoms with Crippen LogP contribution in [-0.2, 0) is 23.9 Å². The van der Waals surface area contributed by atoms with E-state index in [-0.39, 0.29) is 24.0 Å². The number of rotatable bonds is 5. The quantitative estimate of drug-likeness (QED) is 0.565. The molecule has 1 fully saturated rings. The van der Waals surface area contributed by atoms with Crippen LogP contribution in [0.3, 0.4) is 0 Å². The van der Waals surface area contributed by atoms with Gasteiger partial charge in [-0.05, 0) is 25.2 Å². The van der Waals surface area contributed by atoms with Crippen molar-refractivity contribution in [2.45, 2.75) is 53.2 Å². The zero-order chi connectivity index (χ0) is 14.8. The number of carbonyl (C=O) groups excluding carboxylic acids is 3. The molecule has 1 rings (SSSR count). The van der Waals surface area contributed by atoms with Crippen LogP contribution >= 0.6 is 0 Å². The number of cyclic esters (lactones) is 2. The van der Waals surface area contributed by atoms with Gasteiger partial charge in [0.2, 0.25) is 0 Å². The molecule has 0 radical (unpaired) electrons. The zero-order valence-electron chi connectivity index (χ0n) is 12.2. The number of ketones is 1. The van der Waals surface area contributed by atoms with Crippen LogP contribution in [-0.4, -0.2) is 23.5 Å². The summed E-state index contributed by atoms with van der Waals surface area (Å²) in [4.78, 5) is 35.3. The molecular weight excluding hydrogens is 248 g/mol. The van der Waals surface area contributed by atoms with Gasteiger partial charge in [0.1, 0.15) is 5.78 Å². The fraction of sp³-hybridized carbons (Fsp3) is 0.786. The van der Waals surface area contributed by atoms with E-state index < -0.39 is 23.6 Å². The van der Waals surface area contributed by atoms with Crippen LogP contribution in [0.5, 0.6) is 0 Å². The van der Waals surface area contributed by atoms with Crippen LogP contribution in [0.25, 0.3) is 0 Å². The maximum atomic E-state index is 12.0. The van der Waals surface area contributed by atoms with Gasteiger partial charge in [-0.15, -0.1) is 0 Å². The number of esters is 2. The summed E-state index contributed by atoms with van der Waals surface area (Å²) in [5.74, 6) is -3.51. The number of ether oxygens (including phenoxy) is 2. The minimum Gasteiger partial charge on any atom is -0.422 e. The zero-order valence-corrected chi connectivity index (χ0v) is 12.2. The van der Waals surface area contributed by atoms with Gasteiger partial charge >= 0.3 is 11.9 Å². The molecule has 1 aliphatic heterocycles. The lowest BCUT2D eigenvalue weighted by molar-refractivity contribution is -0.242. The van der Waals surface area contributed by atoms with Gasteiger partial charge in [0.15, 0.2) is 5.92 Å². The summed E-state index contributed by atoms with van der Waals surface area (Å²) in [6.45, 7) is 8.45. The van der Waals surface area contributed by atoms with E-state index in [1.807, 2.05) is 13.8 Å².